The quantitative estimate of drug-likeness (QED) is 0.578. The van der Waals surface area contributed by atoms with E-state index in [-0.39, 0.29) is 5.91 Å². The zero-order valence-corrected chi connectivity index (χ0v) is 5.15. The summed E-state index contributed by atoms with van der Waals surface area (Å²) >= 11 is 0. The predicted molar refractivity (Wildman–Crippen MR) is 35.3 cm³/mol. The Morgan fingerprint density at radius 2 is 2.40 bits per heavy atom. The van der Waals surface area contributed by atoms with E-state index < -0.39 is 0 Å². The monoisotopic (exact) mass is 135 g/mol. The second-order valence-corrected chi connectivity index (χ2v) is 1.98. The third kappa shape index (κ3) is 0.572. The molecular weight excluding hydrogens is 130 g/mol. The fourth-order valence-electron chi connectivity index (χ4n) is 0.799. The number of furan rings is 1. The maximum absolute atomic E-state index is 10.7. The van der Waals surface area contributed by atoms with Crippen molar-refractivity contribution in [1.29, 1.82) is 0 Å². The molecule has 0 fully saturated rings. The Morgan fingerprint density at radius 3 is 2.80 bits per heavy atom. The molecule has 0 atom stereocenters. The van der Waals surface area contributed by atoms with E-state index in [2.05, 4.69) is 0 Å². The van der Waals surface area contributed by atoms with E-state index in [1.807, 2.05) is 0 Å². The van der Waals surface area contributed by atoms with Crippen LogP contribution in [0.2, 0.25) is 0 Å². The molecule has 0 aliphatic carbocycles. The number of anilines is 1. The Hall–Kier alpha value is -1.51. The van der Waals surface area contributed by atoms with Crippen molar-refractivity contribution in [3.8, 4) is 0 Å². The highest BCUT2D eigenvalue weighted by Gasteiger charge is 2.19. The van der Waals surface area contributed by atoms with Crippen LogP contribution in [0.4, 0.5) is 5.88 Å². The number of rotatable bonds is 1. The summed E-state index contributed by atoms with van der Waals surface area (Å²) in [5.41, 5.74) is 0. The molecule has 0 aromatic carbocycles. The number of carbonyl (C=O) groups is 1. The predicted octanol–water partition coefficient (Wildman–Crippen LogP) is 1.14. The van der Waals surface area contributed by atoms with Crippen LogP contribution in [0.25, 0.3) is 0 Å². The van der Waals surface area contributed by atoms with Gasteiger partial charge in [-0.2, -0.15) is 0 Å². The van der Waals surface area contributed by atoms with Gasteiger partial charge in [0.05, 0.1) is 6.26 Å². The summed E-state index contributed by atoms with van der Waals surface area (Å²) in [4.78, 5) is 12.2. The third-order valence-corrected chi connectivity index (χ3v) is 1.35. The van der Waals surface area contributed by atoms with E-state index in [0.29, 0.717) is 5.88 Å². The van der Waals surface area contributed by atoms with Gasteiger partial charge in [0, 0.05) is 18.3 Å². The minimum atomic E-state index is -0.0325. The largest absolute Gasteiger partial charge is 0.448 e. The summed E-state index contributed by atoms with van der Waals surface area (Å²) in [5, 5.41) is 0. The normalized spacial score (nSPS) is 15.6. The molecule has 0 saturated carbocycles. The van der Waals surface area contributed by atoms with Gasteiger partial charge >= 0.3 is 0 Å². The van der Waals surface area contributed by atoms with E-state index in [1.54, 1.807) is 18.3 Å². The number of amides is 1. The lowest BCUT2D eigenvalue weighted by molar-refractivity contribution is -0.114. The van der Waals surface area contributed by atoms with Crippen molar-refractivity contribution in [3.63, 3.8) is 0 Å². The molecule has 1 aromatic heterocycles. The summed E-state index contributed by atoms with van der Waals surface area (Å²) in [5.74, 6) is 0.544. The molecule has 0 N–H and O–H groups in total. The first-order valence-electron chi connectivity index (χ1n) is 2.93. The summed E-state index contributed by atoms with van der Waals surface area (Å²) in [7, 11) is 0. The minimum Gasteiger partial charge on any atom is -0.448 e. The van der Waals surface area contributed by atoms with E-state index in [9.17, 15) is 4.79 Å². The van der Waals surface area contributed by atoms with Gasteiger partial charge < -0.3 is 4.42 Å². The molecule has 0 bridgehead atoms. The molecule has 1 aliphatic heterocycles. The standard InChI is InChI=1S/C7H5NO2/c9-6-3-4-8(6)7-2-1-5-10-7/h1-5H. The van der Waals surface area contributed by atoms with Crippen LogP contribution < -0.4 is 4.90 Å². The van der Waals surface area contributed by atoms with Crippen molar-refractivity contribution in [1.82, 2.24) is 0 Å². The van der Waals surface area contributed by atoms with E-state index in [0.717, 1.165) is 0 Å². The second-order valence-electron chi connectivity index (χ2n) is 1.98. The maximum atomic E-state index is 10.7. The molecule has 10 heavy (non-hydrogen) atoms. The smallest absolute Gasteiger partial charge is 0.258 e. The van der Waals surface area contributed by atoms with Crippen LogP contribution >= 0.6 is 0 Å². The molecule has 2 rings (SSSR count). The Balaban J connectivity index is 2.31. The van der Waals surface area contributed by atoms with Crippen molar-refractivity contribution in [2.75, 3.05) is 4.90 Å². The average Bonchev–Trinajstić information content (AvgIpc) is 2.37. The molecule has 0 radical (unpaired) electrons. The molecule has 3 nitrogen and oxygen atoms in total. The van der Waals surface area contributed by atoms with Gasteiger partial charge in [0.2, 0.25) is 5.88 Å². The van der Waals surface area contributed by atoms with Crippen molar-refractivity contribution in [3.05, 3.63) is 30.7 Å². The summed E-state index contributed by atoms with van der Waals surface area (Å²) in [6.45, 7) is 0. The molecular formula is C7H5NO2. The second kappa shape index (κ2) is 1.73. The first-order chi connectivity index (χ1) is 4.88. The first kappa shape index (κ1) is 5.29. The Bertz CT molecular complexity index is 274. The van der Waals surface area contributed by atoms with Crippen molar-refractivity contribution in [2.45, 2.75) is 0 Å². The zero-order valence-electron chi connectivity index (χ0n) is 5.15. The summed E-state index contributed by atoms with van der Waals surface area (Å²) in [6.07, 6.45) is 4.69. The number of hydrogen-bond acceptors (Lipinski definition) is 2. The fraction of sp³-hybridized carbons (Fsp3) is 0. The maximum Gasteiger partial charge on any atom is 0.258 e. The van der Waals surface area contributed by atoms with Crippen LogP contribution in [-0.4, -0.2) is 5.91 Å². The van der Waals surface area contributed by atoms with Crippen molar-refractivity contribution >= 4 is 11.8 Å². The Labute approximate surface area is 57.5 Å². The highest BCUT2D eigenvalue weighted by atomic mass is 16.3. The van der Waals surface area contributed by atoms with Crippen LogP contribution in [0.1, 0.15) is 0 Å². The van der Waals surface area contributed by atoms with Gasteiger partial charge in [0.1, 0.15) is 0 Å². The van der Waals surface area contributed by atoms with Gasteiger partial charge in [-0.15, -0.1) is 0 Å². The molecule has 2 heterocycles. The summed E-state index contributed by atoms with van der Waals surface area (Å²) in [6, 6.07) is 3.48. The van der Waals surface area contributed by atoms with Crippen LogP contribution in [0.3, 0.4) is 0 Å². The fourth-order valence-corrected chi connectivity index (χ4v) is 0.799. The van der Waals surface area contributed by atoms with Crippen molar-refractivity contribution in [2.24, 2.45) is 0 Å². The topological polar surface area (TPSA) is 33.5 Å². The third-order valence-electron chi connectivity index (χ3n) is 1.35. The molecule has 0 spiro atoms. The molecule has 50 valence electrons. The lowest BCUT2D eigenvalue weighted by Crippen LogP contribution is -2.30. The summed E-state index contributed by atoms with van der Waals surface area (Å²) < 4.78 is 4.96. The highest BCUT2D eigenvalue weighted by Crippen LogP contribution is 2.19. The molecule has 0 saturated heterocycles. The van der Waals surface area contributed by atoms with Crippen LogP contribution in [0.5, 0.6) is 0 Å². The number of carbonyl (C=O) groups excluding carboxylic acids is 1. The van der Waals surface area contributed by atoms with Gasteiger partial charge in [0.15, 0.2) is 0 Å². The van der Waals surface area contributed by atoms with Gasteiger partial charge in [-0.25, -0.2) is 0 Å². The average molecular weight is 135 g/mol. The van der Waals surface area contributed by atoms with Gasteiger partial charge in [-0.1, -0.05) is 0 Å². The zero-order chi connectivity index (χ0) is 6.97. The Kier molecular flexibility index (Phi) is 0.917. The van der Waals surface area contributed by atoms with Crippen LogP contribution in [0, 0.1) is 0 Å². The molecule has 1 aliphatic rings. The van der Waals surface area contributed by atoms with Crippen LogP contribution in [0.15, 0.2) is 35.1 Å². The lowest BCUT2D eigenvalue weighted by atomic mass is 10.3. The molecule has 1 amide bonds. The van der Waals surface area contributed by atoms with Gasteiger partial charge in [-0.3, -0.25) is 9.69 Å². The van der Waals surface area contributed by atoms with Gasteiger partial charge in [0.25, 0.3) is 5.91 Å². The van der Waals surface area contributed by atoms with Gasteiger partial charge in [-0.05, 0) is 6.07 Å². The minimum absolute atomic E-state index is 0.0325. The number of hydrogen-bond donors (Lipinski definition) is 0. The lowest BCUT2D eigenvalue weighted by Gasteiger charge is -2.18. The molecule has 1 aromatic rings. The first-order valence-corrected chi connectivity index (χ1v) is 2.93. The highest BCUT2D eigenvalue weighted by molar-refractivity contribution is 6.08. The SMILES string of the molecule is O=C1C=CN1c1ccco1. The number of nitrogens with zero attached hydrogens (tertiary/aromatic N) is 1. The van der Waals surface area contributed by atoms with E-state index in [4.69, 9.17) is 4.42 Å². The molecule has 3 heteroatoms. The van der Waals surface area contributed by atoms with E-state index in [1.165, 1.54) is 17.2 Å². The van der Waals surface area contributed by atoms with Crippen molar-refractivity contribution < 1.29 is 9.21 Å². The Morgan fingerprint density at radius 1 is 1.50 bits per heavy atom. The molecule has 0 unspecified atom stereocenters. The van der Waals surface area contributed by atoms with E-state index >= 15 is 0 Å². The van der Waals surface area contributed by atoms with Crippen LogP contribution in [-0.2, 0) is 4.79 Å².